The van der Waals surface area contributed by atoms with Crippen LogP contribution in [0.2, 0.25) is 10.0 Å². The Labute approximate surface area is 123 Å². The number of oxazole rings is 1. The first-order valence-electron chi connectivity index (χ1n) is 5.68. The lowest BCUT2D eigenvalue weighted by Crippen LogP contribution is -2.23. The van der Waals surface area contributed by atoms with E-state index in [-0.39, 0.29) is 16.2 Å². The number of rotatable bonds is 1. The molecule has 0 N–H and O–H groups in total. The maximum absolute atomic E-state index is 12.4. The Balaban J connectivity index is 2.25. The van der Waals surface area contributed by atoms with E-state index in [1.54, 1.807) is 36.4 Å². The van der Waals surface area contributed by atoms with Gasteiger partial charge in [0.15, 0.2) is 5.58 Å². The van der Waals surface area contributed by atoms with E-state index in [4.69, 9.17) is 27.6 Å². The molecule has 0 bridgehead atoms. The predicted molar refractivity (Wildman–Crippen MR) is 76.7 cm³/mol. The maximum atomic E-state index is 12.4. The lowest BCUT2D eigenvalue weighted by molar-refractivity contribution is 0.0956. The van der Waals surface area contributed by atoms with E-state index in [0.717, 1.165) is 4.57 Å². The van der Waals surface area contributed by atoms with Crippen molar-refractivity contribution in [3.05, 3.63) is 68.6 Å². The first-order valence-corrected chi connectivity index (χ1v) is 6.44. The third-order valence-corrected chi connectivity index (χ3v) is 3.41. The molecule has 6 heteroatoms. The quantitative estimate of drug-likeness (QED) is 0.690. The van der Waals surface area contributed by atoms with Crippen molar-refractivity contribution < 1.29 is 9.21 Å². The molecule has 3 rings (SSSR count). The number of halogens is 2. The van der Waals surface area contributed by atoms with E-state index in [0.29, 0.717) is 10.5 Å². The molecule has 0 saturated carbocycles. The van der Waals surface area contributed by atoms with Gasteiger partial charge >= 0.3 is 5.76 Å². The van der Waals surface area contributed by atoms with Gasteiger partial charge < -0.3 is 4.42 Å². The molecule has 0 unspecified atom stereocenters. The van der Waals surface area contributed by atoms with Crippen molar-refractivity contribution in [2.75, 3.05) is 0 Å². The SMILES string of the molecule is O=C(c1ccccc1Cl)n1c(=O)oc2cc(Cl)ccc21. The van der Waals surface area contributed by atoms with Crippen LogP contribution in [-0.4, -0.2) is 10.5 Å². The monoisotopic (exact) mass is 307 g/mol. The van der Waals surface area contributed by atoms with E-state index < -0.39 is 11.7 Å². The summed E-state index contributed by atoms with van der Waals surface area (Å²) in [4.78, 5) is 24.3. The molecular weight excluding hydrogens is 301 g/mol. The number of benzene rings is 2. The van der Waals surface area contributed by atoms with Crippen molar-refractivity contribution in [2.45, 2.75) is 0 Å². The van der Waals surface area contributed by atoms with Crippen LogP contribution in [0.15, 0.2) is 51.7 Å². The van der Waals surface area contributed by atoms with Gasteiger partial charge in [0.05, 0.1) is 16.1 Å². The third-order valence-electron chi connectivity index (χ3n) is 2.85. The molecule has 0 aliphatic carbocycles. The highest BCUT2D eigenvalue weighted by Crippen LogP contribution is 2.21. The summed E-state index contributed by atoms with van der Waals surface area (Å²) in [5.41, 5.74) is 0.834. The third kappa shape index (κ3) is 2.03. The van der Waals surface area contributed by atoms with E-state index in [1.807, 2.05) is 0 Å². The van der Waals surface area contributed by atoms with Crippen molar-refractivity contribution in [1.29, 1.82) is 0 Å². The van der Waals surface area contributed by atoms with Gasteiger partial charge in [0.25, 0.3) is 5.91 Å². The number of hydrogen-bond acceptors (Lipinski definition) is 3. The van der Waals surface area contributed by atoms with Crippen molar-refractivity contribution in [3.8, 4) is 0 Å². The summed E-state index contributed by atoms with van der Waals surface area (Å²) in [5.74, 6) is -1.31. The van der Waals surface area contributed by atoms with Crippen molar-refractivity contribution in [3.63, 3.8) is 0 Å². The predicted octanol–water partition coefficient (Wildman–Crippen LogP) is 3.59. The summed E-state index contributed by atoms with van der Waals surface area (Å²) in [6.07, 6.45) is 0. The highest BCUT2D eigenvalue weighted by Gasteiger charge is 2.19. The molecule has 0 fully saturated rings. The summed E-state index contributed by atoms with van der Waals surface area (Å²) in [5, 5.41) is 0.691. The zero-order valence-electron chi connectivity index (χ0n) is 9.97. The molecule has 0 amide bonds. The molecule has 20 heavy (non-hydrogen) atoms. The van der Waals surface area contributed by atoms with E-state index in [2.05, 4.69) is 0 Å². The van der Waals surface area contributed by atoms with Crippen LogP contribution in [0.1, 0.15) is 10.4 Å². The molecule has 0 atom stereocenters. The average molecular weight is 308 g/mol. The van der Waals surface area contributed by atoms with Crippen molar-refractivity contribution in [2.24, 2.45) is 0 Å². The second kappa shape index (κ2) is 4.81. The van der Waals surface area contributed by atoms with Gasteiger partial charge in [-0.1, -0.05) is 35.3 Å². The van der Waals surface area contributed by atoms with Crippen LogP contribution >= 0.6 is 23.2 Å². The maximum Gasteiger partial charge on any atom is 0.427 e. The molecule has 0 saturated heterocycles. The normalized spacial score (nSPS) is 10.9. The summed E-state index contributed by atoms with van der Waals surface area (Å²) >= 11 is 11.8. The van der Waals surface area contributed by atoms with Gasteiger partial charge in [-0.3, -0.25) is 4.79 Å². The molecule has 0 radical (unpaired) electrons. The van der Waals surface area contributed by atoms with Gasteiger partial charge in [0, 0.05) is 11.1 Å². The van der Waals surface area contributed by atoms with Gasteiger partial charge in [-0.05, 0) is 24.3 Å². The fourth-order valence-corrected chi connectivity index (χ4v) is 2.32. The number of carbonyl (C=O) groups excluding carboxylic acids is 1. The van der Waals surface area contributed by atoms with Crippen LogP contribution in [-0.2, 0) is 0 Å². The lowest BCUT2D eigenvalue weighted by atomic mass is 10.2. The number of fused-ring (bicyclic) bond motifs is 1. The molecule has 0 aliphatic heterocycles. The molecule has 1 heterocycles. The molecule has 100 valence electrons. The number of aromatic nitrogens is 1. The minimum atomic E-state index is -0.771. The van der Waals surface area contributed by atoms with Crippen LogP contribution in [0.25, 0.3) is 11.1 Å². The minimum Gasteiger partial charge on any atom is -0.407 e. The highest BCUT2D eigenvalue weighted by atomic mass is 35.5. The van der Waals surface area contributed by atoms with Gasteiger partial charge in [-0.2, -0.15) is 0 Å². The van der Waals surface area contributed by atoms with E-state index in [1.165, 1.54) is 6.07 Å². The molecule has 2 aromatic carbocycles. The van der Waals surface area contributed by atoms with Crippen LogP contribution < -0.4 is 5.76 Å². The van der Waals surface area contributed by atoms with Gasteiger partial charge in [0.1, 0.15) is 0 Å². The Morgan fingerprint density at radius 1 is 1.10 bits per heavy atom. The second-order valence-corrected chi connectivity index (χ2v) is 4.94. The molecule has 3 aromatic rings. The summed E-state index contributed by atoms with van der Waals surface area (Å²) < 4.78 is 5.96. The fraction of sp³-hybridized carbons (Fsp3) is 0. The molecular formula is C14H7Cl2NO3. The van der Waals surface area contributed by atoms with E-state index >= 15 is 0 Å². The standard InChI is InChI=1S/C14H7Cl2NO3/c15-8-5-6-11-12(7-8)20-14(19)17(11)13(18)9-3-1-2-4-10(9)16/h1-7H. The number of nitrogens with zero attached hydrogens (tertiary/aromatic N) is 1. The summed E-state index contributed by atoms with van der Waals surface area (Å²) in [7, 11) is 0. The Morgan fingerprint density at radius 3 is 2.60 bits per heavy atom. The summed E-state index contributed by atoms with van der Waals surface area (Å²) in [6, 6.07) is 11.1. The van der Waals surface area contributed by atoms with Crippen LogP contribution in [0.4, 0.5) is 0 Å². The van der Waals surface area contributed by atoms with E-state index in [9.17, 15) is 9.59 Å². The highest BCUT2D eigenvalue weighted by molar-refractivity contribution is 6.34. The molecule has 0 aliphatic rings. The lowest BCUT2D eigenvalue weighted by Gasteiger charge is -2.03. The number of carbonyl (C=O) groups is 1. The Hall–Kier alpha value is -2.04. The van der Waals surface area contributed by atoms with Crippen LogP contribution in [0, 0.1) is 0 Å². The minimum absolute atomic E-state index is 0.230. The largest absolute Gasteiger partial charge is 0.427 e. The Morgan fingerprint density at radius 2 is 1.85 bits per heavy atom. The molecule has 0 spiro atoms. The van der Waals surface area contributed by atoms with Gasteiger partial charge in [-0.25, -0.2) is 9.36 Å². The molecule has 1 aromatic heterocycles. The topological polar surface area (TPSA) is 52.2 Å². The zero-order valence-corrected chi connectivity index (χ0v) is 11.5. The Kier molecular flexibility index (Phi) is 3.12. The van der Waals surface area contributed by atoms with Crippen molar-refractivity contribution >= 4 is 40.2 Å². The zero-order chi connectivity index (χ0) is 14.3. The second-order valence-electron chi connectivity index (χ2n) is 4.10. The fourth-order valence-electron chi connectivity index (χ4n) is 1.94. The van der Waals surface area contributed by atoms with Crippen molar-refractivity contribution in [1.82, 2.24) is 4.57 Å². The summed E-state index contributed by atoms with van der Waals surface area (Å²) in [6.45, 7) is 0. The first kappa shape index (κ1) is 13.0. The van der Waals surface area contributed by atoms with Crippen LogP contribution in [0.5, 0.6) is 0 Å². The Bertz CT molecular complexity index is 880. The smallest absolute Gasteiger partial charge is 0.407 e. The first-order chi connectivity index (χ1) is 9.58. The molecule has 4 nitrogen and oxygen atoms in total. The average Bonchev–Trinajstić information content (AvgIpc) is 2.73. The number of hydrogen-bond donors (Lipinski definition) is 0. The van der Waals surface area contributed by atoms with Gasteiger partial charge in [-0.15, -0.1) is 0 Å². The van der Waals surface area contributed by atoms with Gasteiger partial charge in [0.2, 0.25) is 0 Å². The van der Waals surface area contributed by atoms with Crippen LogP contribution in [0.3, 0.4) is 0 Å².